The van der Waals surface area contributed by atoms with Gasteiger partial charge >= 0.3 is 0 Å². The van der Waals surface area contributed by atoms with Crippen molar-refractivity contribution < 1.29 is 5.11 Å². The summed E-state index contributed by atoms with van der Waals surface area (Å²) in [6.45, 7) is 4.27. The van der Waals surface area contributed by atoms with Crippen molar-refractivity contribution in [3.05, 3.63) is 6.92 Å². The van der Waals surface area contributed by atoms with E-state index in [4.69, 9.17) is 5.11 Å². The monoisotopic (exact) mass is 127 g/mol. The molecule has 1 aliphatic carbocycles. The van der Waals surface area contributed by atoms with E-state index >= 15 is 0 Å². The highest BCUT2D eigenvalue weighted by Gasteiger charge is 2.25. The Morgan fingerprint density at radius 1 is 1.22 bits per heavy atom. The average Bonchev–Trinajstić information content (AvgIpc) is 1.90. The maximum Gasteiger partial charge on any atom is 0.0487 e. The third-order valence-electron chi connectivity index (χ3n) is 2.25. The largest absolute Gasteiger partial charge is 0.396 e. The van der Waals surface area contributed by atoms with Crippen LogP contribution in [-0.4, -0.2) is 11.7 Å². The Hall–Kier alpha value is -0.0400. The van der Waals surface area contributed by atoms with Crippen molar-refractivity contribution in [1.82, 2.24) is 0 Å². The molecular formula is C8H15O. The molecule has 1 rings (SSSR count). The smallest absolute Gasteiger partial charge is 0.0487 e. The molecule has 1 N–H and O–H groups in total. The lowest BCUT2D eigenvalue weighted by molar-refractivity contribution is 0.124. The van der Waals surface area contributed by atoms with Gasteiger partial charge in [-0.05, 0) is 25.2 Å². The molecule has 0 aromatic rings. The summed E-state index contributed by atoms with van der Waals surface area (Å²) in [6.07, 6.45) is 6.07. The Morgan fingerprint density at radius 3 is 2.11 bits per heavy atom. The van der Waals surface area contributed by atoms with Crippen LogP contribution in [0.5, 0.6) is 0 Å². The van der Waals surface area contributed by atoms with Gasteiger partial charge in [0.05, 0.1) is 0 Å². The molecule has 0 atom stereocenters. The summed E-state index contributed by atoms with van der Waals surface area (Å²) in [7, 11) is 0. The lowest BCUT2D eigenvalue weighted by Crippen LogP contribution is -2.24. The summed E-state index contributed by atoms with van der Waals surface area (Å²) < 4.78 is 0. The highest BCUT2D eigenvalue weighted by molar-refractivity contribution is 4.83. The average molecular weight is 127 g/mol. The second kappa shape index (κ2) is 2.70. The SMILES string of the molecule is [CH2]C1(CO)CCCCC1. The lowest BCUT2D eigenvalue weighted by Gasteiger charge is -2.30. The molecule has 9 heavy (non-hydrogen) atoms. The van der Waals surface area contributed by atoms with Crippen molar-refractivity contribution >= 4 is 0 Å². The number of rotatable bonds is 1. The fraction of sp³-hybridized carbons (Fsp3) is 0.875. The molecule has 0 spiro atoms. The fourth-order valence-corrected chi connectivity index (χ4v) is 1.46. The summed E-state index contributed by atoms with van der Waals surface area (Å²) in [5, 5.41) is 8.89. The quantitative estimate of drug-likeness (QED) is 0.569. The minimum absolute atomic E-state index is 0.0260. The van der Waals surface area contributed by atoms with Gasteiger partial charge in [-0.2, -0.15) is 0 Å². The van der Waals surface area contributed by atoms with Crippen LogP contribution in [0.4, 0.5) is 0 Å². The molecule has 1 nitrogen and oxygen atoms in total. The Labute approximate surface area is 57.1 Å². The standard InChI is InChI=1S/C8H15O/c1-8(7-9)5-3-2-4-6-8/h9H,1-7H2. The minimum Gasteiger partial charge on any atom is -0.396 e. The molecule has 0 bridgehead atoms. The molecule has 0 heterocycles. The second-order valence-corrected chi connectivity index (χ2v) is 3.22. The number of hydrogen-bond donors (Lipinski definition) is 1. The molecule has 0 saturated heterocycles. The molecular weight excluding hydrogens is 112 g/mol. The lowest BCUT2D eigenvalue weighted by atomic mass is 9.76. The molecule has 0 aromatic heterocycles. The molecule has 0 unspecified atom stereocenters. The Balaban J connectivity index is 2.37. The third-order valence-corrected chi connectivity index (χ3v) is 2.25. The van der Waals surface area contributed by atoms with Crippen LogP contribution in [0.2, 0.25) is 0 Å². The highest BCUT2D eigenvalue weighted by atomic mass is 16.3. The molecule has 1 heteroatoms. The first-order chi connectivity index (χ1) is 4.27. The van der Waals surface area contributed by atoms with Crippen LogP contribution in [0.15, 0.2) is 0 Å². The van der Waals surface area contributed by atoms with E-state index in [0.29, 0.717) is 0 Å². The van der Waals surface area contributed by atoms with Crippen molar-refractivity contribution in [2.24, 2.45) is 5.41 Å². The normalized spacial score (nSPS) is 26.0. The maximum atomic E-state index is 8.89. The Kier molecular flexibility index (Phi) is 2.12. The van der Waals surface area contributed by atoms with Crippen LogP contribution in [0.1, 0.15) is 32.1 Å². The molecule has 0 aliphatic heterocycles. The zero-order chi connectivity index (χ0) is 6.74. The Bertz CT molecular complexity index is 82.6. The van der Waals surface area contributed by atoms with Crippen LogP contribution < -0.4 is 0 Å². The van der Waals surface area contributed by atoms with Gasteiger partial charge < -0.3 is 5.11 Å². The van der Waals surface area contributed by atoms with Gasteiger partial charge in [0.1, 0.15) is 0 Å². The van der Waals surface area contributed by atoms with Crippen molar-refractivity contribution in [2.45, 2.75) is 32.1 Å². The van der Waals surface area contributed by atoms with Crippen molar-refractivity contribution in [3.8, 4) is 0 Å². The number of hydrogen-bond acceptors (Lipinski definition) is 1. The number of aliphatic hydroxyl groups is 1. The van der Waals surface area contributed by atoms with Gasteiger partial charge in [0.2, 0.25) is 0 Å². The molecule has 1 aliphatic rings. The summed E-state index contributed by atoms with van der Waals surface area (Å²) in [6, 6.07) is 0. The van der Waals surface area contributed by atoms with Gasteiger partial charge in [-0.1, -0.05) is 19.3 Å². The number of aliphatic hydroxyl groups excluding tert-OH is 1. The van der Waals surface area contributed by atoms with Gasteiger partial charge in [0, 0.05) is 6.61 Å². The first-order valence-corrected chi connectivity index (χ1v) is 3.73. The van der Waals surface area contributed by atoms with E-state index in [2.05, 4.69) is 6.92 Å². The zero-order valence-electron chi connectivity index (χ0n) is 5.90. The Morgan fingerprint density at radius 2 is 1.78 bits per heavy atom. The first kappa shape index (κ1) is 7.07. The summed E-state index contributed by atoms with van der Waals surface area (Å²) in [4.78, 5) is 0. The zero-order valence-corrected chi connectivity index (χ0v) is 5.90. The van der Waals surface area contributed by atoms with Gasteiger partial charge in [0.15, 0.2) is 0 Å². The minimum atomic E-state index is 0.0260. The van der Waals surface area contributed by atoms with Crippen LogP contribution in [-0.2, 0) is 0 Å². The van der Waals surface area contributed by atoms with Crippen molar-refractivity contribution in [3.63, 3.8) is 0 Å². The molecule has 0 aromatic carbocycles. The molecule has 1 fully saturated rings. The van der Waals surface area contributed by atoms with E-state index in [0.717, 1.165) is 12.8 Å². The summed E-state index contributed by atoms with van der Waals surface area (Å²) in [5.74, 6) is 0. The van der Waals surface area contributed by atoms with E-state index in [-0.39, 0.29) is 12.0 Å². The molecule has 53 valence electrons. The summed E-state index contributed by atoms with van der Waals surface area (Å²) in [5.41, 5.74) is 0.0260. The van der Waals surface area contributed by atoms with E-state index in [1.54, 1.807) is 0 Å². The van der Waals surface area contributed by atoms with Crippen LogP contribution >= 0.6 is 0 Å². The molecule has 0 amide bonds. The van der Waals surface area contributed by atoms with Gasteiger partial charge in [-0.3, -0.25) is 0 Å². The van der Waals surface area contributed by atoms with E-state index in [1.807, 2.05) is 0 Å². The fourth-order valence-electron chi connectivity index (χ4n) is 1.46. The molecule has 1 radical (unpaired) electrons. The van der Waals surface area contributed by atoms with E-state index in [1.165, 1.54) is 19.3 Å². The van der Waals surface area contributed by atoms with Crippen LogP contribution in [0, 0.1) is 12.3 Å². The maximum absolute atomic E-state index is 8.89. The second-order valence-electron chi connectivity index (χ2n) is 3.22. The van der Waals surface area contributed by atoms with Crippen molar-refractivity contribution in [2.75, 3.05) is 6.61 Å². The van der Waals surface area contributed by atoms with Gasteiger partial charge in [0.25, 0.3) is 0 Å². The predicted molar refractivity (Wildman–Crippen MR) is 38.0 cm³/mol. The van der Waals surface area contributed by atoms with E-state index in [9.17, 15) is 0 Å². The predicted octanol–water partition coefficient (Wildman–Crippen LogP) is 1.76. The van der Waals surface area contributed by atoms with Gasteiger partial charge in [-0.15, -0.1) is 0 Å². The third kappa shape index (κ3) is 1.68. The van der Waals surface area contributed by atoms with Gasteiger partial charge in [-0.25, -0.2) is 0 Å². The summed E-state index contributed by atoms with van der Waals surface area (Å²) >= 11 is 0. The van der Waals surface area contributed by atoms with Crippen LogP contribution in [0.25, 0.3) is 0 Å². The highest BCUT2D eigenvalue weighted by Crippen LogP contribution is 2.34. The first-order valence-electron chi connectivity index (χ1n) is 3.73. The van der Waals surface area contributed by atoms with E-state index < -0.39 is 0 Å². The molecule has 1 saturated carbocycles. The van der Waals surface area contributed by atoms with Crippen LogP contribution in [0.3, 0.4) is 0 Å². The van der Waals surface area contributed by atoms with Crippen molar-refractivity contribution in [1.29, 1.82) is 0 Å². The topological polar surface area (TPSA) is 20.2 Å².